The second kappa shape index (κ2) is 4.50. The summed E-state index contributed by atoms with van der Waals surface area (Å²) in [6.45, 7) is 1.76. The minimum atomic E-state index is -3.63. The second-order valence-corrected chi connectivity index (χ2v) is 5.05. The van der Waals surface area contributed by atoms with Gasteiger partial charge in [-0.2, -0.15) is 0 Å². The molecule has 6 heteroatoms. The van der Waals surface area contributed by atoms with E-state index in [4.69, 9.17) is 0 Å². The molecule has 0 aliphatic heterocycles. The first-order chi connectivity index (χ1) is 8.08. The van der Waals surface area contributed by atoms with Crippen molar-refractivity contribution in [2.75, 3.05) is 4.72 Å². The highest BCUT2D eigenvalue weighted by molar-refractivity contribution is 7.92. The summed E-state index contributed by atoms with van der Waals surface area (Å²) in [6.07, 6.45) is 1.50. The molecule has 0 spiro atoms. The zero-order chi connectivity index (χ0) is 12.3. The number of hydrogen-bond donors (Lipinski definition) is 1. The summed E-state index contributed by atoms with van der Waals surface area (Å²) in [5.41, 5.74) is 0.694. The molecule has 0 amide bonds. The van der Waals surface area contributed by atoms with Crippen LogP contribution in [-0.2, 0) is 10.0 Å². The van der Waals surface area contributed by atoms with Crippen LogP contribution in [0, 0.1) is 13.0 Å². The van der Waals surface area contributed by atoms with E-state index in [9.17, 15) is 8.42 Å². The first-order valence-electron chi connectivity index (χ1n) is 4.86. The summed E-state index contributed by atoms with van der Waals surface area (Å²) in [6, 6.07) is 10.4. The van der Waals surface area contributed by atoms with Crippen LogP contribution >= 0.6 is 0 Å². The van der Waals surface area contributed by atoms with Gasteiger partial charge in [-0.05, 0) is 31.2 Å². The highest BCUT2D eigenvalue weighted by atomic mass is 32.2. The van der Waals surface area contributed by atoms with Crippen LogP contribution in [0.4, 0.5) is 5.95 Å². The van der Waals surface area contributed by atoms with Crippen molar-refractivity contribution in [1.29, 1.82) is 0 Å². The molecule has 0 unspecified atom stereocenters. The van der Waals surface area contributed by atoms with Crippen LogP contribution in [0.1, 0.15) is 5.69 Å². The molecule has 1 heterocycles. The second-order valence-electron chi connectivity index (χ2n) is 3.36. The molecule has 1 aromatic carbocycles. The number of nitrogens with one attached hydrogen (secondary N) is 1. The van der Waals surface area contributed by atoms with Crippen molar-refractivity contribution in [3.63, 3.8) is 0 Å². The Bertz CT molecular complexity index is 612. The molecule has 0 saturated heterocycles. The van der Waals surface area contributed by atoms with Gasteiger partial charge < -0.3 is 0 Å². The van der Waals surface area contributed by atoms with Gasteiger partial charge in [0.05, 0.1) is 4.90 Å². The molecule has 0 aliphatic rings. The Kier molecular flexibility index (Phi) is 3.06. The van der Waals surface area contributed by atoms with Crippen molar-refractivity contribution < 1.29 is 8.42 Å². The Morgan fingerprint density at radius 1 is 1.24 bits per heavy atom. The van der Waals surface area contributed by atoms with Crippen molar-refractivity contribution in [2.45, 2.75) is 11.8 Å². The zero-order valence-corrected chi connectivity index (χ0v) is 9.90. The van der Waals surface area contributed by atoms with Gasteiger partial charge in [0.2, 0.25) is 5.95 Å². The van der Waals surface area contributed by atoms with Crippen LogP contribution < -0.4 is 4.72 Å². The highest BCUT2D eigenvalue weighted by Gasteiger charge is 2.14. The Morgan fingerprint density at radius 3 is 2.59 bits per heavy atom. The normalized spacial score (nSPS) is 11.1. The van der Waals surface area contributed by atoms with E-state index in [0.29, 0.717) is 5.69 Å². The van der Waals surface area contributed by atoms with Gasteiger partial charge >= 0.3 is 0 Å². The highest BCUT2D eigenvalue weighted by Crippen LogP contribution is 2.11. The molecule has 87 valence electrons. The maximum absolute atomic E-state index is 11.9. The maximum atomic E-state index is 11.9. The van der Waals surface area contributed by atoms with Crippen LogP contribution in [0.5, 0.6) is 0 Å². The standard InChI is InChI=1S/C11H10N3O2S/c1-9-7-8-12-11(13-9)14-17(15,16)10-5-3-2-4-6-10/h3-8H,1H3,(H,12,13,14). The van der Waals surface area contributed by atoms with E-state index < -0.39 is 10.0 Å². The van der Waals surface area contributed by atoms with Crippen LogP contribution in [-0.4, -0.2) is 18.4 Å². The number of sulfonamides is 1. The fraction of sp³-hybridized carbons (Fsp3) is 0.0909. The van der Waals surface area contributed by atoms with E-state index in [-0.39, 0.29) is 10.8 Å². The third-order valence-electron chi connectivity index (χ3n) is 2.02. The van der Waals surface area contributed by atoms with Gasteiger partial charge in [-0.25, -0.2) is 23.1 Å². The molecule has 1 N–H and O–H groups in total. The van der Waals surface area contributed by atoms with Gasteiger partial charge in [0.25, 0.3) is 10.0 Å². The lowest BCUT2D eigenvalue weighted by Gasteiger charge is -2.06. The molecule has 5 nitrogen and oxygen atoms in total. The number of aryl methyl sites for hydroxylation is 1. The van der Waals surface area contributed by atoms with Crippen molar-refractivity contribution in [3.8, 4) is 0 Å². The molecular weight excluding hydrogens is 238 g/mol. The molecule has 1 aromatic heterocycles. The summed E-state index contributed by atoms with van der Waals surface area (Å²) in [4.78, 5) is 7.97. The van der Waals surface area contributed by atoms with E-state index >= 15 is 0 Å². The zero-order valence-electron chi connectivity index (χ0n) is 9.08. The number of anilines is 1. The number of rotatable bonds is 3. The molecule has 0 saturated carbocycles. The minimum absolute atomic E-state index is 0.0674. The summed E-state index contributed by atoms with van der Waals surface area (Å²) >= 11 is 0. The van der Waals surface area contributed by atoms with Crippen LogP contribution in [0.3, 0.4) is 0 Å². The molecule has 0 bridgehead atoms. The number of aromatic nitrogens is 2. The Labute approximate surface area is 99.6 Å². The number of hydrogen-bond acceptors (Lipinski definition) is 4. The van der Waals surface area contributed by atoms with E-state index in [2.05, 4.69) is 20.8 Å². The molecular formula is C11H10N3O2S. The lowest BCUT2D eigenvalue weighted by Crippen LogP contribution is -2.15. The quantitative estimate of drug-likeness (QED) is 0.890. The Balaban J connectivity index is 2.30. The molecule has 2 rings (SSSR count). The van der Waals surface area contributed by atoms with Gasteiger partial charge in [0, 0.05) is 11.9 Å². The fourth-order valence-electron chi connectivity index (χ4n) is 1.23. The Hall–Kier alpha value is -1.95. The topological polar surface area (TPSA) is 72.0 Å². The predicted octanol–water partition coefficient (Wildman–Crippen LogP) is 1.39. The van der Waals surface area contributed by atoms with Crippen LogP contribution in [0.25, 0.3) is 0 Å². The number of nitrogens with zero attached hydrogens (tertiary/aromatic N) is 2. The molecule has 1 radical (unpaired) electrons. The van der Waals surface area contributed by atoms with Crippen molar-refractivity contribution in [3.05, 3.63) is 48.3 Å². The van der Waals surface area contributed by atoms with Gasteiger partial charge in [0.1, 0.15) is 0 Å². The molecule has 2 aromatic rings. The fourth-order valence-corrected chi connectivity index (χ4v) is 2.18. The van der Waals surface area contributed by atoms with Gasteiger partial charge in [-0.1, -0.05) is 12.1 Å². The molecule has 0 aliphatic carbocycles. The van der Waals surface area contributed by atoms with Gasteiger partial charge in [-0.15, -0.1) is 0 Å². The molecule has 0 atom stereocenters. The first-order valence-corrected chi connectivity index (χ1v) is 6.35. The van der Waals surface area contributed by atoms with Crippen molar-refractivity contribution in [1.82, 2.24) is 9.97 Å². The van der Waals surface area contributed by atoms with E-state index in [1.54, 1.807) is 13.0 Å². The van der Waals surface area contributed by atoms with Crippen LogP contribution in [0.2, 0.25) is 0 Å². The summed E-state index contributed by atoms with van der Waals surface area (Å²) in [5.74, 6) is 0.0674. The van der Waals surface area contributed by atoms with E-state index in [1.165, 1.54) is 30.5 Å². The summed E-state index contributed by atoms with van der Waals surface area (Å²) < 4.78 is 26.1. The summed E-state index contributed by atoms with van der Waals surface area (Å²) in [5, 5.41) is 0. The van der Waals surface area contributed by atoms with Crippen molar-refractivity contribution in [2.24, 2.45) is 0 Å². The van der Waals surface area contributed by atoms with Gasteiger partial charge in [-0.3, -0.25) is 0 Å². The summed E-state index contributed by atoms with van der Waals surface area (Å²) in [7, 11) is -3.63. The third kappa shape index (κ3) is 2.79. The average Bonchev–Trinajstić information content (AvgIpc) is 2.29. The molecule has 17 heavy (non-hydrogen) atoms. The van der Waals surface area contributed by atoms with E-state index in [1.807, 2.05) is 0 Å². The van der Waals surface area contributed by atoms with E-state index in [0.717, 1.165) is 0 Å². The SMILES string of the molecule is Cc1ccnc(NS(=O)(=O)c2cc[c]cc2)n1. The number of benzene rings is 1. The van der Waals surface area contributed by atoms with Gasteiger partial charge in [0.15, 0.2) is 0 Å². The lowest BCUT2D eigenvalue weighted by molar-refractivity contribution is 0.601. The lowest BCUT2D eigenvalue weighted by atomic mass is 10.4. The Morgan fingerprint density at radius 2 is 1.94 bits per heavy atom. The van der Waals surface area contributed by atoms with Crippen LogP contribution in [0.15, 0.2) is 41.4 Å². The average molecular weight is 248 g/mol. The third-order valence-corrected chi connectivity index (χ3v) is 3.36. The molecule has 0 fully saturated rings. The van der Waals surface area contributed by atoms with Crippen molar-refractivity contribution >= 4 is 16.0 Å². The maximum Gasteiger partial charge on any atom is 0.264 e. The first kappa shape index (κ1) is 11.5. The monoisotopic (exact) mass is 248 g/mol. The predicted molar refractivity (Wildman–Crippen MR) is 62.9 cm³/mol. The minimum Gasteiger partial charge on any atom is -0.247 e. The largest absolute Gasteiger partial charge is 0.264 e. The smallest absolute Gasteiger partial charge is 0.247 e.